The van der Waals surface area contributed by atoms with E-state index in [4.69, 9.17) is 9.97 Å². The summed E-state index contributed by atoms with van der Waals surface area (Å²) in [6.07, 6.45) is 18.4. The molecule has 0 unspecified atom stereocenters. The Balaban J connectivity index is 1.10. The maximum Gasteiger partial charge on any atom is 0.224 e. The number of hydrogen-bond acceptors (Lipinski definition) is 7. The maximum absolute atomic E-state index is 9.93. The highest BCUT2D eigenvalue weighted by Gasteiger charge is 2.50. The van der Waals surface area contributed by atoms with Crippen molar-refractivity contribution in [1.29, 1.82) is 0 Å². The first-order valence-corrected chi connectivity index (χ1v) is 15.3. The van der Waals surface area contributed by atoms with Crippen LogP contribution >= 0.6 is 0 Å². The van der Waals surface area contributed by atoms with Crippen LogP contribution in [0.4, 0.5) is 11.8 Å². The van der Waals surface area contributed by atoms with Gasteiger partial charge in [0, 0.05) is 38.1 Å². The number of rotatable bonds is 11. The van der Waals surface area contributed by atoms with Gasteiger partial charge in [0.1, 0.15) is 5.82 Å². The predicted molar refractivity (Wildman–Crippen MR) is 153 cm³/mol. The number of unbranched alkanes of at least 4 members (excludes halogenated alkanes) is 1. The summed E-state index contributed by atoms with van der Waals surface area (Å²) in [5, 5.41) is 20.8. The Morgan fingerprint density at radius 2 is 1.68 bits per heavy atom. The average Bonchev–Trinajstić information content (AvgIpc) is 2.90. The third-order valence-electron chi connectivity index (χ3n) is 9.73. The Hall–Kier alpha value is -2.25. The molecule has 5 fully saturated rings. The van der Waals surface area contributed by atoms with Crippen molar-refractivity contribution in [1.82, 2.24) is 20.3 Å². The van der Waals surface area contributed by atoms with Crippen molar-refractivity contribution in [2.75, 3.05) is 23.7 Å². The summed E-state index contributed by atoms with van der Waals surface area (Å²) in [5.74, 6) is 4.49. The van der Waals surface area contributed by atoms with Crippen LogP contribution in [-0.4, -0.2) is 45.3 Å². The molecule has 2 aromatic heterocycles. The molecule has 38 heavy (non-hydrogen) atoms. The minimum Gasteiger partial charge on any atom is -0.393 e. The number of nitrogens with one attached hydrogen (secondary N) is 3. The maximum atomic E-state index is 9.93. The number of aliphatic hydroxyl groups excluding tert-OH is 1. The first-order valence-electron chi connectivity index (χ1n) is 15.3. The van der Waals surface area contributed by atoms with Gasteiger partial charge in [0.05, 0.1) is 17.4 Å². The van der Waals surface area contributed by atoms with Crippen LogP contribution in [0.3, 0.4) is 0 Å². The molecular weight excluding hydrogens is 472 g/mol. The quantitative estimate of drug-likeness (QED) is 0.280. The summed E-state index contributed by atoms with van der Waals surface area (Å²) in [6, 6.07) is 4.62. The molecule has 0 atom stereocenters. The van der Waals surface area contributed by atoms with E-state index in [9.17, 15) is 5.11 Å². The number of nitrogens with zero attached hydrogens (tertiary/aromatic N) is 3. The highest BCUT2D eigenvalue weighted by molar-refractivity contribution is 5.73. The lowest BCUT2D eigenvalue weighted by Crippen LogP contribution is -2.50. The smallest absolute Gasteiger partial charge is 0.224 e. The van der Waals surface area contributed by atoms with Gasteiger partial charge in [0.15, 0.2) is 0 Å². The van der Waals surface area contributed by atoms with Crippen LogP contribution < -0.4 is 16.0 Å². The zero-order chi connectivity index (χ0) is 26.0. The molecule has 2 aromatic rings. The fraction of sp³-hybridized carbons (Fsp3) is 0.710. The highest BCUT2D eigenvalue weighted by atomic mass is 16.3. The average molecular weight is 519 g/mol. The van der Waals surface area contributed by atoms with E-state index in [1.54, 1.807) is 0 Å². The first kappa shape index (κ1) is 26.0. The van der Waals surface area contributed by atoms with Gasteiger partial charge in [-0.3, -0.25) is 4.98 Å². The van der Waals surface area contributed by atoms with Gasteiger partial charge in [-0.25, -0.2) is 4.98 Å². The minimum absolute atomic E-state index is 0.171. The molecular formula is C31H46N6O. The molecule has 0 spiro atoms. The van der Waals surface area contributed by atoms with E-state index in [1.165, 1.54) is 44.1 Å². The topological polar surface area (TPSA) is 95.0 Å². The molecule has 7 heteroatoms. The van der Waals surface area contributed by atoms with Crippen molar-refractivity contribution in [2.45, 2.75) is 103 Å². The third-order valence-corrected chi connectivity index (χ3v) is 9.73. The minimum atomic E-state index is -0.171. The predicted octanol–water partition coefficient (Wildman–Crippen LogP) is 5.77. The van der Waals surface area contributed by atoms with Crippen LogP contribution in [0.25, 0.3) is 11.3 Å². The summed E-state index contributed by atoms with van der Waals surface area (Å²) >= 11 is 0. The molecule has 0 radical (unpaired) electrons. The molecule has 2 heterocycles. The van der Waals surface area contributed by atoms with Crippen LogP contribution in [0.1, 0.15) is 89.5 Å². The van der Waals surface area contributed by atoms with Crippen molar-refractivity contribution in [2.24, 2.45) is 23.2 Å². The summed E-state index contributed by atoms with van der Waals surface area (Å²) in [5.41, 5.74) is 3.62. The normalized spacial score (nSPS) is 31.9. The zero-order valence-corrected chi connectivity index (χ0v) is 23.1. The lowest BCUT2D eigenvalue weighted by Gasteiger charge is -2.57. The molecule has 5 aliphatic rings. The summed E-state index contributed by atoms with van der Waals surface area (Å²) in [4.78, 5) is 14.3. The Morgan fingerprint density at radius 1 is 0.947 bits per heavy atom. The standard InChI is InChI=1S/C31H46N6O/c1-2-3-10-33-30-35-19-27(29(37-30)36-25-5-7-26(38)8-6-25)28-9-4-21(18-34-28)17-32-20-31-14-22-11-23(15-31)13-24(12-22)16-31/h4,9,18-19,22-26,32,38H,2-3,5-8,10-17,20H2,1H3,(H2,33,35,36,37). The van der Waals surface area contributed by atoms with Crippen molar-refractivity contribution in [3.05, 3.63) is 30.1 Å². The fourth-order valence-electron chi connectivity index (χ4n) is 8.22. The third kappa shape index (κ3) is 5.99. The summed E-state index contributed by atoms with van der Waals surface area (Å²) in [6.45, 7) is 5.09. The molecule has 4 bridgehead atoms. The van der Waals surface area contributed by atoms with E-state index in [2.05, 4.69) is 40.0 Å². The molecule has 0 amide bonds. The van der Waals surface area contributed by atoms with Crippen molar-refractivity contribution in [3.8, 4) is 11.3 Å². The van der Waals surface area contributed by atoms with E-state index in [-0.39, 0.29) is 6.10 Å². The SMILES string of the molecule is CCCCNc1ncc(-c2ccc(CNCC34CC5CC(CC(C5)C3)C4)cn2)c(NC2CCC(O)CC2)n1. The Kier molecular flexibility index (Phi) is 7.85. The van der Waals surface area contributed by atoms with Gasteiger partial charge >= 0.3 is 0 Å². The largest absolute Gasteiger partial charge is 0.393 e. The Morgan fingerprint density at radius 3 is 2.34 bits per heavy atom. The van der Waals surface area contributed by atoms with Crippen LogP contribution in [0.2, 0.25) is 0 Å². The van der Waals surface area contributed by atoms with Gasteiger partial charge < -0.3 is 21.1 Å². The second-order valence-corrected chi connectivity index (χ2v) is 13.0. The van der Waals surface area contributed by atoms with Crippen molar-refractivity contribution >= 4 is 11.8 Å². The monoisotopic (exact) mass is 518 g/mol. The molecule has 5 aliphatic carbocycles. The summed E-state index contributed by atoms with van der Waals surface area (Å²) in [7, 11) is 0. The second-order valence-electron chi connectivity index (χ2n) is 13.0. The number of anilines is 2. The van der Waals surface area contributed by atoms with Crippen molar-refractivity contribution < 1.29 is 5.11 Å². The van der Waals surface area contributed by atoms with E-state index in [0.29, 0.717) is 17.4 Å². The van der Waals surface area contributed by atoms with Gasteiger partial charge in [-0.05, 0) is 105 Å². The van der Waals surface area contributed by atoms with Gasteiger partial charge in [-0.15, -0.1) is 0 Å². The number of hydrogen-bond donors (Lipinski definition) is 4. The molecule has 0 aliphatic heterocycles. The van der Waals surface area contributed by atoms with Crippen LogP contribution in [0.5, 0.6) is 0 Å². The van der Waals surface area contributed by atoms with E-state index in [0.717, 1.165) is 93.0 Å². The molecule has 7 rings (SSSR count). The van der Waals surface area contributed by atoms with Crippen molar-refractivity contribution in [3.63, 3.8) is 0 Å². The first-order chi connectivity index (χ1) is 18.6. The van der Waals surface area contributed by atoms with Gasteiger partial charge in [0.2, 0.25) is 5.95 Å². The lowest BCUT2D eigenvalue weighted by molar-refractivity contribution is -0.0514. The van der Waals surface area contributed by atoms with Gasteiger partial charge in [-0.1, -0.05) is 19.4 Å². The molecule has 4 N–H and O–H groups in total. The summed E-state index contributed by atoms with van der Waals surface area (Å²) < 4.78 is 0. The van der Waals surface area contributed by atoms with E-state index >= 15 is 0 Å². The van der Waals surface area contributed by atoms with Crippen LogP contribution in [0, 0.1) is 23.2 Å². The number of pyridine rings is 1. The van der Waals surface area contributed by atoms with Crippen LogP contribution in [0.15, 0.2) is 24.5 Å². The molecule has 0 aromatic carbocycles. The molecule has 5 saturated carbocycles. The Bertz CT molecular complexity index is 1030. The Labute approximate surface area is 228 Å². The number of aromatic nitrogens is 3. The second kappa shape index (κ2) is 11.5. The van der Waals surface area contributed by atoms with Crippen LogP contribution in [-0.2, 0) is 6.54 Å². The van der Waals surface area contributed by atoms with E-state index < -0.39 is 0 Å². The fourth-order valence-corrected chi connectivity index (χ4v) is 8.22. The zero-order valence-electron chi connectivity index (χ0n) is 23.1. The molecule has 7 nitrogen and oxygen atoms in total. The molecule has 206 valence electrons. The number of aliphatic hydroxyl groups is 1. The van der Waals surface area contributed by atoms with E-state index in [1.807, 2.05) is 12.4 Å². The highest BCUT2D eigenvalue weighted by Crippen LogP contribution is 2.59. The van der Waals surface area contributed by atoms with Gasteiger partial charge in [-0.2, -0.15) is 4.98 Å². The van der Waals surface area contributed by atoms with Gasteiger partial charge in [0.25, 0.3) is 0 Å². The molecule has 0 saturated heterocycles. The lowest BCUT2D eigenvalue weighted by atomic mass is 9.49.